The lowest BCUT2D eigenvalue weighted by Gasteiger charge is -2.38. The molecule has 1 aromatic rings. The molecule has 0 unspecified atom stereocenters. The number of hydrogen-bond acceptors (Lipinski definition) is 5. The van der Waals surface area contributed by atoms with Crippen molar-refractivity contribution in [2.45, 2.75) is 31.0 Å². The molecule has 0 aromatic heterocycles. The minimum Gasteiger partial charge on any atom is -0.372 e. The number of piperazine rings is 1. The third kappa shape index (κ3) is 5.00. The second-order valence-corrected chi connectivity index (χ2v) is 9.56. The van der Waals surface area contributed by atoms with Crippen molar-refractivity contribution in [3.05, 3.63) is 29.3 Å². The molecule has 0 radical (unpaired) electrons. The van der Waals surface area contributed by atoms with Gasteiger partial charge in [-0.1, -0.05) is 11.6 Å². The molecule has 7 nitrogen and oxygen atoms in total. The maximum Gasteiger partial charge on any atom is 0.243 e. The molecule has 1 aromatic carbocycles. The first-order valence-corrected chi connectivity index (χ1v) is 11.0. The Hall–Kier alpha value is -1.19. The molecule has 2 saturated heterocycles. The van der Waals surface area contributed by atoms with E-state index in [1.54, 1.807) is 12.1 Å². The Morgan fingerprint density at radius 2 is 1.63 bits per heavy atom. The monoisotopic (exact) mass is 415 g/mol. The van der Waals surface area contributed by atoms with Gasteiger partial charge in [0, 0.05) is 44.3 Å². The number of morpholine rings is 1. The topological polar surface area (TPSA) is 70.2 Å². The van der Waals surface area contributed by atoms with Gasteiger partial charge in [0.05, 0.1) is 23.6 Å². The summed E-state index contributed by atoms with van der Waals surface area (Å²) in [5, 5.41) is 0.504. The van der Waals surface area contributed by atoms with Crippen LogP contribution in [0.15, 0.2) is 29.2 Å². The highest BCUT2D eigenvalue weighted by atomic mass is 35.5. The van der Waals surface area contributed by atoms with Crippen molar-refractivity contribution in [2.75, 3.05) is 45.8 Å². The zero-order chi connectivity index (χ0) is 19.6. The number of sulfonamides is 1. The SMILES string of the molecule is C[C@@H]1CN(C(=O)CN2CCN(S(=O)(=O)c3ccc(Cl)cc3)CC2)C[C@@H](C)O1. The van der Waals surface area contributed by atoms with Crippen molar-refractivity contribution < 1.29 is 17.9 Å². The normalized spacial score (nSPS) is 25.5. The molecule has 150 valence electrons. The average Bonchev–Trinajstić information content (AvgIpc) is 2.61. The van der Waals surface area contributed by atoms with Crippen LogP contribution in [0.25, 0.3) is 0 Å². The van der Waals surface area contributed by atoms with Crippen molar-refractivity contribution >= 4 is 27.5 Å². The van der Waals surface area contributed by atoms with Crippen LogP contribution >= 0.6 is 11.6 Å². The van der Waals surface area contributed by atoms with Crippen molar-refractivity contribution in [3.8, 4) is 0 Å². The first-order valence-electron chi connectivity index (χ1n) is 9.17. The molecule has 0 saturated carbocycles. The van der Waals surface area contributed by atoms with E-state index in [0.717, 1.165) is 0 Å². The zero-order valence-corrected chi connectivity index (χ0v) is 17.2. The quantitative estimate of drug-likeness (QED) is 0.741. The molecule has 2 atom stereocenters. The summed E-state index contributed by atoms with van der Waals surface area (Å²) in [5.41, 5.74) is 0. The summed E-state index contributed by atoms with van der Waals surface area (Å²) >= 11 is 5.84. The van der Waals surface area contributed by atoms with E-state index in [4.69, 9.17) is 16.3 Å². The lowest BCUT2D eigenvalue weighted by molar-refractivity contribution is -0.144. The van der Waals surface area contributed by atoms with E-state index in [1.807, 2.05) is 23.6 Å². The average molecular weight is 416 g/mol. The maximum atomic E-state index is 12.7. The Kier molecular flexibility index (Phi) is 6.43. The summed E-state index contributed by atoms with van der Waals surface area (Å²) in [5.74, 6) is 0.0750. The van der Waals surface area contributed by atoms with Gasteiger partial charge in [-0.25, -0.2) is 8.42 Å². The molecule has 2 aliphatic rings. The molecule has 2 heterocycles. The van der Waals surface area contributed by atoms with Crippen molar-refractivity contribution in [1.29, 1.82) is 0 Å². The molecule has 9 heteroatoms. The van der Waals surface area contributed by atoms with Crippen molar-refractivity contribution in [1.82, 2.24) is 14.1 Å². The number of rotatable bonds is 4. The van der Waals surface area contributed by atoms with E-state index in [2.05, 4.69) is 0 Å². The molecule has 0 N–H and O–H groups in total. The Labute approximate surface area is 165 Å². The first-order chi connectivity index (χ1) is 12.8. The summed E-state index contributed by atoms with van der Waals surface area (Å²) in [4.78, 5) is 16.7. The van der Waals surface area contributed by atoms with Gasteiger partial charge in [0.1, 0.15) is 0 Å². The van der Waals surface area contributed by atoms with E-state index >= 15 is 0 Å². The number of carbonyl (C=O) groups excluding carboxylic acids is 1. The molecule has 2 aliphatic heterocycles. The smallest absolute Gasteiger partial charge is 0.243 e. The molecular weight excluding hydrogens is 390 g/mol. The Bertz CT molecular complexity index is 753. The van der Waals surface area contributed by atoms with Gasteiger partial charge >= 0.3 is 0 Å². The van der Waals surface area contributed by atoms with Gasteiger partial charge in [0.2, 0.25) is 15.9 Å². The number of ether oxygens (including phenoxy) is 1. The lowest BCUT2D eigenvalue weighted by Crippen LogP contribution is -2.54. The van der Waals surface area contributed by atoms with Crippen LogP contribution < -0.4 is 0 Å². The van der Waals surface area contributed by atoms with Crippen LogP contribution in [-0.4, -0.2) is 86.5 Å². The second-order valence-electron chi connectivity index (χ2n) is 7.19. The fraction of sp³-hybridized carbons (Fsp3) is 0.611. The van der Waals surface area contributed by atoms with Crippen LogP contribution in [0.2, 0.25) is 5.02 Å². The minimum absolute atomic E-state index is 0.0408. The van der Waals surface area contributed by atoms with Crippen molar-refractivity contribution in [3.63, 3.8) is 0 Å². The molecule has 2 fully saturated rings. The Balaban J connectivity index is 1.54. The fourth-order valence-corrected chi connectivity index (χ4v) is 5.10. The molecule has 0 spiro atoms. The number of nitrogens with zero attached hydrogens (tertiary/aromatic N) is 3. The third-order valence-electron chi connectivity index (χ3n) is 4.91. The first kappa shape index (κ1) is 20.5. The third-order valence-corrected chi connectivity index (χ3v) is 7.08. The summed E-state index contributed by atoms with van der Waals surface area (Å²) in [6, 6.07) is 6.20. The van der Waals surface area contributed by atoms with Gasteiger partial charge in [-0.05, 0) is 38.1 Å². The number of amides is 1. The van der Waals surface area contributed by atoms with Gasteiger partial charge in [0.15, 0.2) is 0 Å². The van der Waals surface area contributed by atoms with E-state index in [9.17, 15) is 13.2 Å². The van der Waals surface area contributed by atoms with Crippen LogP contribution in [0, 0.1) is 0 Å². The molecule has 3 rings (SSSR count). The number of benzene rings is 1. The standard InChI is InChI=1S/C18H26ClN3O4S/c1-14-11-21(12-15(2)26-14)18(23)13-20-7-9-22(10-8-20)27(24,25)17-5-3-16(19)4-6-17/h3-6,14-15H,7-13H2,1-2H3/t14-,15-/m1/s1. The van der Waals surface area contributed by atoms with Crippen LogP contribution in [0.4, 0.5) is 0 Å². The van der Waals surface area contributed by atoms with Crippen molar-refractivity contribution in [2.24, 2.45) is 0 Å². The Morgan fingerprint density at radius 3 is 2.19 bits per heavy atom. The fourth-order valence-electron chi connectivity index (χ4n) is 3.56. The van der Waals surface area contributed by atoms with Gasteiger partial charge in [-0.2, -0.15) is 4.31 Å². The van der Waals surface area contributed by atoms with E-state index in [-0.39, 0.29) is 23.0 Å². The van der Waals surface area contributed by atoms with E-state index in [1.165, 1.54) is 16.4 Å². The van der Waals surface area contributed by atoms with Gasteiger partial charge in [-0.15, -0.1) is 0 Å². The van der Waals surface area contributed by atoms with Crippen LogP contribution in [0.1, 0.15) is 13.8 Å². The molecule has 1 amide bonds. The summed E-state index contributed by atoms with van der Waals surface area (Å²) in [7, 11) is -3.53. The maximum absolute atomic E-state index is 12.7. The van der Waals surface area contributed by atoms with Gasteiger partial charge < -0.3 is 9.64 Å². The predicted molar refractivity (Wildman–Crippen MR) is 103 cm³/mol. The van der Waals surface area contributed by atoms with Gasteiger partial charge in [0.25, 0.3) is 0 Å². The Morgan fingerprint density at radius 1 is 1.07 bits per heavy atom. The minimum atomic E-state index is -3.53. The van der Waals surface area contributed by atoms with Crippen LogP contribution in [-0.2, 0) is 19.6 Å². The lowest BCUT2D eigenvalue weighted by atomic mass is 10.2. The summed E-state index contributed by atoms with van der Waals surface area (Å²) in [6.07, 6.45) is 0.0816. The summed E-state index contributed by atoms with van der Waals surface area (Å²) < 4.78 is 32.6. The highest BCUT2D eigenvalue weighted by molar-refractivity contribution is 7.89. The van der Waals surface area contributed by atoms with Gasteiger partial charge in [-0.3, -0.25) is 9.69 Å². The van der Waals surface area contributed by atoms with E-state index < -0.39 is 10.0 Å². The second kappa shape index (κ2) is 8.45. The number of halogens is 1. The van der Waals surface area contributed by atoms with E-state index in [0.29, 0.717) is 50.8 Å². The van der Waals surface area contributed by atoms with Crippen LogP contribution in [0.5, 0.6) is 0 Å². The highest BCUT2D eigenvalue weighted by Crippen LogP contribution is 2.20. The highest BCUT2D eigenvalue weighted by Gasteiger charge is 2.31. The molecule has 27 heavy (non-hydrogen) atoms. The zero-order valence-electron chi connectivity index (χ0n) is 15.7. The number of carbonyl (C=O) groups is 1. The van der Waals surface area contributed by atoms with Crippen LogP contribution in [0.3, 0.4) is 0 Å². The predicted octanol–water partition coefficient (Wildman–Crippen LogP) is 1.28. The molecular formula is C18H26ClN3O4S. The number of hydrogen-bond donors (Lipinski definition) is 0. The summed E-state index contributed by atoms with van der Waals surface area (Å²) in [6.45, 7) is 7.27. The molecule has 0 aliphatic carbocycles. The largest absolute Gasteiger partial charge is 0.372 e. The molecule has 0 bridgehead atoms.